The maximum Gasteiger partial charge on any atom is 0.0797 e. The molecule has 84 valence electrons. The number of nitrogens with one attached hydrogen (secondary N) is 1. The van der Waals surface area contributed by atoms with E-state index in [1.165, 1.54) is 4.88 Å². The van der Waals surface area contributed by atoms with E-state index in [4.69, 9.17) is 0 Å². The molecule has 0 bridgehead atoms. The lowest BCUT2D eigenvalue weighted by Crippen LogP contribution is -2.28. The number of nitrogens with zero attached hydrogens (tertiary/aromatic N) is 1. The number of aryl methyl sites for hydroxylation is 2. The summed E-state index contributed by atoms with van der Waals surface area (Å²) < 4.78 is 0. The maximum absolute atomic E-state index is 9.46. The second kappa shape index (κ2) is 4.60. The lowest BCUT2D eigenvalue weighted by Gasteiger charge is -2.25. The average Bonchev–Trinajstić information content (AvgIpc) is 2.85. The van der Waals surface area contributed by atoms with Gasteiger partial charge in [-0.2, -0.15) is 0 Å². The number of rotatable bonds is 4. The Balaban J connectivity index is 1.94. The standard InChI is InChI=1S/C11H18N2OS/c1-9-10(15-8-13-9)2-3-11(7-14)4-5-12-6-11/h8,12,14H,2-7H2,1H3. The molecule has 0 saturated carbocycles. The van der Waals surface area contributed by atoms with Crippen molar-refractivity contribution < 1.29 is 5.11 Å². The van der Waals surface area contributed by atoms with Crippen LogP contribution in [0.3, 0.4) is 0 Å². The van der Waals surface area contributed by atoms with Gasteiger partial charge in [0.2, 0.25) is 0 Å². The second-order valence-electron chi connectivity index (χ2n) is 4.45. The fraction of sp³-hybridized carbons (Fsp3) is 0.727. The summed E-state index contributed by atoms with van der Waals surface area (Å²) in [7, 11) is 0. The third-order valence-corrected chi connectivity index (χ3v) is 4.39. The molecule has 2 rings (SSSR count). The monoisotopic (exact) mass is 226 g/mol. The van der Waals surface area contributed by atoms with Crippen LogP contribution in [0.4, 0.5) is 0 Å². The minimum Gasteiger partial charge on any atom is -0.396 e. The van der Waals surface area contributed by atoms with Gasteiger partial charge in [-0.3, -0.25) is 0 Å². The molecule has 1 atom stereocenters. The largest absolute Gasteiger partial charge is 0.396 e. The minimum absolute atomic E-state index is 0.121. The second-order valence-corrected chi connectivity index (χ2v) is 5.39. The first-order valence-corrected chi connectivity index (χ1v) is 6.34. The van der Waals surface area contributed by atoms with E-state index >= 15 is 0 Å². The van der Waals surface area contributed by atoms with Crippen molar-refractivity contribution >= 4 is 11.3 Å². The molecule has 4 heteroatoms. The Bertz CT molecular complexity index is 318. The fourth-order valence-electron chi connectivity index (χ4n) is 2.17. The molecule has 0 radical (unpaired) electrons. The van der Waals surface area contributed by atoms with Gasteiger partial charge in [-0.05, 0) is 32.7 Å². The van der Waals surface area contributed by atoms with E-state index in [0.29, 0.717) is 6.61 Å². The van der Waals surface area contributed by atoms with Crippen LogP contribution >= 0.6 is 11.3 Å². The summed E-state index contributed by atoms with van der Waals surface area (Å²) in [4.78, 5) is 5.62. The molecule has 1 aliphatic rings. The van der Waals surface area contributed by atoms with Crippen molar-refractivity contribution in [1.29, 1.82) is 0 Å². The Morgan fingerprint density at radius 2 is 2.53 bits per heavy atom. The van der Waals surface area contributed by atoms with Gasteiger partial charge in [0.05, 0.1) is 11.2 Å². The van der Waals surface area contributed by atoms with E-state index < -0.39 is 0 Å². The first-order chi connectivity index (χ1) is 7.26. The zero-order chi connectivity index (χ0) is 10.7. The minimum atomic E-state index is 0.121. The van der Waals surface area contributed by atoms with Crippen LogP contribution in [0, 0.1) is 12.3 Å². The van der Waals surface area contributed by atoms with Crippen molar-refractivity contribution in [1.82, 2.24) is 10.3 Å². The highest BCUT2D eigenvalue weighted by Crippen LogP contribution is 2.31. The zero-order valence-electron chi connectivity index (χ0n) is 9.12. The smallest absolute Gasteiger partial charge is 0.0797 e. The fourth-order valence-corrected chi connectivity index (χ4v) is 2.95. The Hall–Kier alpha value is -0.450. The SMILES string of the molecule is Cc1ncsc1CCC1(CO)CCNC1. The first kappa shape index (κ1) is 11.0. The summed E-state index contributed by atoms with van der Waals surface area (Å²) in [5.41, 5.74) is 3.18. The number of aliphatic hydroxyl groups excluding tert-OH is 1. The van der Waals surface area contributed by atoms with Crippen LogP contribution in [0.1, 0.15) is 23.4 Å². The molecular formula is C11H18N2OS. The van der Waals surface area contributed by atoms with Gasteiger partial charge < -0.3 is 10.4 Å². The molecule has 1 aliphatic heterocycles. The summed E-state index contributed by atoms with van der Waals surface area (Å²) in [6.07, 6.45) is 3.22. The quantitative estimate of drug-likeness (QED) is 0.815. The third-order valence-electron chi connectivity index (χ3n) is 3.39. The summed E-state index contributed by atoms with van der Waals surface area (Å²) >= 11 is 1.73. The normalized spacial score (nSPS) is 26.0. The van der Waals surface area contributed by atoms with Crippen LogP contribution < -0.4 is 5.32 Å². The third kappa shape index (κ3) is 2.38. The molecule has 0 aromatic carbocycles. The van der Waals surface area contributed by atoms with E-state index in [0.717, 1.165) is 38.0 Å². The van der Waals surface area contributed by atoms with E-state index in [2.05, 4.69) is 17.2 Å². The number of aliphatic hydroxyl groups is 1. The van der Waals surface area contributed by atoms with Crippen molar-refractivity contribution in [3.63, 3.8) is 0 Å². The van der Waals surface area contributed by atoms with Crippen molar-refractivity contribution in [2.45, 2.75) is 26.2 Å². The van der Waals surface area contributed by atoms with Crippen LogP contribution in [-0.2, 0) is 6.42 Å². The highest BCUT2D eigenvalue weighted by molar-refractivity contribution is 7.09. The molecule has 3 nitrogen and oxygen atoms in total. The van der Waals surface area contributed by atoms with Gasteiger partial charge in [-0.25, -0.2) is 4.98 Å². The predicted octanol–water partition coefficient (Wildman–Crippen LogP) is 1.36. The Morgan fingerprint density at radius 3 is 3.07 bits per heavy atom. The van der Waals surface area contributed by atoms with Crippen LogP contribution in [0.25, 0.3) is 0 Å². The van der Waals surface area contributed by atoms with Crippen LogP contribution in [-0.4, -0.2) is 29.8 Å². The molecule has 15 heavy (non-hydrogen) atoms. The van der Waals surface area contributed by atoms with E-state index in [1.54, 1.807) is 11.3 Å². The molecule has 1 aromatic rings. The van der Waals surface area contributed by atoms with Crippen molar-refractivity contribution in [3.05, 3.63) is 16.1 Å². The lowest BCUT2D eigenvalue weighted by atomic mass is 9.83. The summed E-state index contributed by atoms with van der Waals surface area (Å²) in [5.74, 6) is 0. The molecule has 1 saturated heterocycles. The van der Waals surface area contributed by atoms with Gasteiger partial charge in [-0.15, -0.1) is 11.3 Å². The summed E-state index contributed by atoms with van der Waals surface area (Å²) in [6, 6.07) is 0. The molecule has 0 aliphatic carbocycles. The zero-order valence-corrected chi connectivity index (χ0v) is 9.94. The number of thiazole rings is 1. The van der Waals surface area contributed by atoms with Gasteiger partial charge in [-0.1, -0.05) is 0 Å². The van der Waals surface area contributed by atoms with Gasteiger partial charge in [0.25, 0.3) is 0 Å². The number of hydrogen-bond acceptors (Lipinski definition) is 4. The van der Waals surface area contributed by atoms with Crippen molar-refractivity contribution in [3.8, 4) is 0 Å². The molecule has 2 heterocycles. The molecule has 1 fully saturated rings. The molecule has 1 aromatic heterocycles. The van der Waals surface area contributed by atoms with E-state index in [-0.39, 0.29) is 5.41 Å². The molecule has 0 amide bonds. The predicted molar refractivity (Wildman–Crippen MR) is 62.2 cm³/mol. The van der Waals surface area contributed by atoms with E-state index in [9.17, 15) is 5.11 Å². The van der Waals surface area contributed by atoms with Crippen LogP contribution in [0.2, 0.25) is 0 Å². The summed E-state index contributed by atoms with van der Waals surface area (Å²) in [5, 5.41) is 12.8. The average molecular weight is 226 g/mol. The van der Waals surface area contributed by atoms with E-state index in [1.807, 2.05) is 5.51 Å². The summed E-state index contributed by atoms with van der Waals surface area (Å²) in [6.45, 7) is 4.37. The number of aromatic nitrogens is 1. The van der Waals surface area contributed by atoms with Crippen molar-refractivity contribution in [2.24, 2.45) is 5.41 Å². The Morgan fingerprint density at radius 1 is 1.67 bits per heavy atom. The van der Waals surface area contributed by atoms with Gasteiger partial charge in [0, 0.05) is 23.4 Å². The molecular weight excluding hydrogens is 208 g/mol. The van der Waals surface area contributed by atoms with Crippen LogP contribution in [0.15, 0.2) is 5.51 Å². The van der Waals surface area contributed by atoms with Crippen LogP contribution in [0.5, 0.6) is 0 Å². The highest BCUT2D eigenvalue weighted by Gasteiger charge is 2.32. The van der Waals surface area contributed by atoms with Gasteiger partial charge in [0.15, 0.2) is 0 Å². The topological polar surface area (TPSA) is 45.2 Å². The van der Waals surface area contributed by atoms with Gasteiger partial charge in [0.1, 0.15) is 0 Å². The van der Waals surface area contributed by atoms with Gasteiger partial charge >= 0.3 is 0 Å². The number of hydrogen-bond donors (Lipinski definition) is 2. The molecule has 2 N–H and O–H groups in total. The molecule has 0 spiro atoms. The Kier molecular flexibility index (Phi) is 3.38. The lowest BCUT2D eigenvalue weighted by molar-refractivity contribution is 0.134. The maximum atomic E-state index is 9.46. The highest BCUT2D eigenvalue weighted by atomic mass is 32.1. The van der Waals surface area contributed by atoms with Crippen molar-refractivity contribution in [2.75, 3.05) is 19.7 Å². The first-order valence-electron chi connectivity index (χ1n) is 5.46. The molecule has 1 unspecified atom stereocenters. The Labute approximate surface area is 94.5 Å².